The molecule has 1 aromatic carbocycles. The summed E-state index contributed by atoms with van der Waals surface area (Å²) in [6.07, 6.45) is 8.25. The molecule has 0 radical (unpaired) electrons. The highest BCUT2D eigenvalue weighted by Crippen LogP contribution is 2.31. The molecule has 1 atom stereocenters. The number of rotatable bonds is 7. The van der Waals surface area contributed by atoms with Crippen LogP contribution >= 0.6 is 0 Å². The molecule has 152 valence electrons. The fraction of sp³-hybridized carbons (Fsp3) is 0.609. The van der Waals surface area contributed by atoms with Crippen LogP contribution in [0.2, 0.25) is 0 Å². The summed E-state index contributed by atoms with van der Waals surface area (Å²) < 4.78 is 1.64. The van der Waals surface area contributed by atoms with Crippen molar-refractivity contribution in [2.45, 2.75) is 71.3 Å². The number of benzene rings is 1. The van der Waals surface area contributed by atoms with Crippen molar-refractivity contribution in [1.29, 1.82) is 0 Å². The Morgan fingerprint density at radius 3 is 2.61 bits per heavy atom. The van der Waals surface area contributed by atoms with Crippen molar-refractivity contribution in [1.82, 2.24) is 14.5 Å². The number of carbonyl (C=O) groups excluding carboxylic acids is 1. The Kier molecular flexibility index (Phi) is 6.87. The Balaban J connectivity index is 2.02. The smallest absolute Gasteiger partial charge is 0.261 e. The fourth-order valence-electron chi connectivity index (χ4n) is 4.41. The molecule has 1 saturated carbocycles. The van der Waals surface area contributed by atoms with E-state index in [1.54, 1.807) is 11.6 Å². The van der Waals surface area contributed by atoms with Crippen molar-refractivity contribution in [2.24, 2.45) is 13.0 Å². The fourth-order valence-corrected chi connectivity index (χ4v) is 4.41. The van der Waals surface area contributed by atoms with Gasteiger partial charge in [-0.2, -0.15) is 0 Å². The molecule has 5 heteroatoms. The molecular formula is C23H33N3O2. The molecule has 5 nitrogen and oxygen atoms in total. The molecule has 1 unspecified atom stereocenters. The van der Waals surface area contributed by atoms with Gasteiger partial charge in [0.05, 0.1) is 16.9 Å². The van der Waals surface area contributed by atoms with Gasteiger partial charge in [-0.1, -0.05) is 51.7 Å². The number of hydrogen-bond donors (Lipinski definition) is 0. The summed E-state index contributed by atoms with van der Waals surface area (Å²) in [6, 6.07) is 7.30. The zero-order valence-electron chi connectivity index (χ0n) is 17.5. The van der Waals surface area contributed by atoms with Crippen molar-refractivity contribution < 1.29 is 4.79 Å². The lowest BCUT2D eigenvalue weighted by Gasteiger charge is -2.35. The summed E-state index contributed by atoms with van der Waals surface area (Å²) in [4.78, 5) is 33.2. The van der Waals surface area contributed by atoms with E-state index in [2.05, 4.69) is 13.8 Å². The van der Waals surface area contributed by atoms with Gasteiger partial charge in [0.2, 0.25) is 5.91 Å². The van der Waals surface area contributed by atoms with Crippen molar-refractivity contribution in [3.05, 3.63) is 40.4 Å². The van der Waals surface area contributed by atoms with Crippen molar-refractivity contribution in [3.63, 3.8) is 0 Å². The van der Waals surface area contributed by atoms with Gasteiger partial charge >= 0.3 is 0 Å². The van der Waals surface area contributed by atoms with Gasteiger partial charge in [0.1, 0.15) is 5.82 Å². The van der Waals surface area contributed by atoms with Gasteiger partial charge in [0, 0.05) is 19.5 Å². The lowest BCUT2D eigenvalue weighted by molar-refractivity contribution is -0.139. The Bertz CT molecular complexity index is 868. The molecule has 1 amide bonds. The molecule has 28 heavy (non-hydrogen) atoms. The van der Waals surface area contributed by atoms with Gasteiger partial charge < -0.3 is 4.90 Å². The van der Waals surface area contributed by atoms with Gasteiger partial charge in [-0.05, 0) is 37.8 Å². The molecule has 1 aliphatic carbocycles. The molecule has 0 spiro atoms. The van der Waals surface area contributed by atoms with Crippen LogP contribution in [-0.4, -0.2) is 26.9 Å². The maximum atomic E-state index is 13.4. The Labute approximate surface area is 167 Å². The highest BCUT2D eigenvalue weighted by atomic mass is 16.2. The first-order valence-corrected chi connectivity index (χ1v) is 10.8. The van der Waals surface area contributed by atoms with Gasteiger partial charge in [0.25, 0.3) is 5.56 Å². The van der Waals surface area contributed by atoms with Crippen LogP contribution < -0.4 is 5.56 Å². The van der Waals surface area contributed by atoms with E-state index in [-0.39, 0.29) is 23.4 Å². The zero-order chi connectivity index (χ0) is 20.1. The van der Waals surface area contributed by atoms with E-state index in [1.165, 1.54) is 6.42 Å². The van der Waals surface area contributed by atoms with Crippen molar-refractivity contribution in [3.8, 4) is 0 Å². The van der Waals surface area contributed by atoms with Crippen molar-refractivity contribution >= 4 is 16.8 Å². The summed E-state index contributed by atoms with van der Waals surface area (Å²) in [6.45, 7) is 4.96. The molecule has 3 rings (SSSR count). The molecule has 0 bridgehead atoms. The number of unbranched alkanes of at least 4 members (excludes halogenated alkanes) is 1. The van der Waals surface area contributed by atoms with Gasteiger partial charge in [-0.3, -0.25) is 14.2 Å². The lowest BCUT2D eigenvalue weighted by atomic mass is 9.87. The molecule has 2 aromatic rings. The summed E-state index contributed by atoms with van der Waals surface area (Å²) in [5.41, 5.74) is 0.666. The summed E-state index contributed by atoms with van der Waals surface area (Å²) in [5.74, 6) is 1.08. The second-order valence-corrected chi connectivity index (χ2v) is 8.00. The highest BCUT2D eigenvalue weighted by molar-refractivity contribution is 5.80. The Morgan fingerprint density at radius 2 is 1.93 bits per heavy atom. The van der Waals surface area contributed by atoms with Crippen LogP contribution in [0.1, 0.15) is 77.1 Å². The molecule has 1 heterocycles. The zero-order valence-corrected chi connectivity index (χ0v) is 17.5. The second kappa shape index (κ2) is 9.35. The third-order valence-corrected chi connectivity index (χ3v) is 6.07. The van der Waals surface area contributed by atoms with Crippen LogP contribution in [0.4, 0.5) is 0 Å². The minimum absolute atomic E-state index is 0.0420. The SMILES string of the molecule is CCCCN(C(=O)C1CCCCC1)C(CC)c1nc2ccccc2c(=O)n1C. The molecule has 0 saturated heterocycles. The molecular weight excluding hydrogens is 350 g/mol. The number of hydrogen-bond acceptors (Lipinski definition) is 3. The number of nitrogens with zero attached hydrogens (tertiary/aromatic N) is 3. The van der Waals surface area contributed by atoms with Gasteiger partial charge in [-0.25, -0.2) is 4.98 Å². The third-order valence-electron chi connectivity index (χ3n) is 6.07. The van der Waals surface area contributed by atoms with E-state index in [0.29, 0.717) is 16.7 Å². The van der Waals surface area contributed by atoms with Gasteiger partial charge in [-0.15, -0.1) is 0 Å². The van der Waals surface area contributed by atoms with Crippen LogP contribution in [0.3, 0.4) is 0 Å². The normalized spacial score (nSPS) is 16.2. The van der Waals surface area contributed by atoms with E-state index in [1.807, 2.05) is 29.2 Å². The first kappa shape index (κ1) is 20.6. The summed E-state index contributed by atoms with van der Waals surface area (Å²) in [5, 5.41) is 0.627. The van der Waals surface area contributed by atoms with Crippen molar-refractivity contribution in [2.75, 3.05) is 6.54 Å². The molecule has 1 aromatic heterocycles. The summed E-state index contributed by atoms with van der Waals surface area (Å²) in [7, 11) is 1.78. The number of carbonyl (C=O) groups is 1. The van der Waals surface area contributed by atoms with Crippen LogP contribution in [0.25, 0.3) is 10.9 Å². The third kappa shape index (κ3) is 4.13. The largest absolute Gasteiger partial charge is 0.332 e. The average molecular weight is 384 g/mol. The summed E-state index contributed by atoms with van der Waals surface area (Å²) >= 11 is 0. The average Bonchev–Trinajstić information content (AvgIpc) is 2.74. The van der Waals surface area contributed by atoms with Crippen LogP contribution in [0, 0.1) is 5.92 Å². The first-order valence-electron chi connectivity index (χ1n) is 10.8. The lowest BCUT2D eigenvalue weighted by Crippen LogP contribution is -2.42. The Morgan fingerprint density at radius 1 is 1.21 bits per heavy atom. The van der Waals surface area contributed by atoms with Gasteiger partial charge in [0.15, 0.2) is 0 Å². The first-order chi connectivity index (χ1) is 13.6. The van der Waals surface area contributed by atoms with Crippen LogP contribution in [0.15, 0.2) is 29.1 Å². The maximum absolute atomic E-state index is 13.4. The topological polar surface area (TPSA) is 55.2 Å². The quantitative estimate of drug-likeness (QED) is 0.702. The maximum Gasteiger partial charge on any atom is 0.261 e. The predicted octanol–water partition coefficient (Wildman–Crippen LogP) is 4.59. The van der Waals surface area contributed by atoms with E-state index in [4.69, 9.17) is 4.98 Å². The van der Waals surface area contributed by atoms with E-state index >= 15 is 0 Å². The monoisotopic (exact) mass is 383 g/mol. The molecule has 1 fully saturated rings. The minimum Gasteiger partial charge on any atom is -0.332 e. The van der Waals surface area contributed by atoms with Crippen LogP contribution in [-0.2, 0) is 11.8 Å². The minimum atomic E-state index is -0.164. The highest BCUT2D eigenvalue weighted by Gasteiger charge is 2.32. The number of fused-ring (bicyclic) bond motifs is 1. The van der Waals surface area contributed by atoms with E-state index in [9.17, 15) is 9.59 Å². The molecule has 1 aliphatic rings. The molecule has 0 aliphatic heterocycles. The number of para-hydroxylation sites is 1. The molecule has 0 N–H and O–H groups in total. The second-order valence-electron chi connectivity index (χ2n) is 8.00. The number of amides is 1. The predicted molar refractivity (Wildman–Crippen MR) is 113 cm³/mol. The Hall–Kier alpha value is -2.17. The van der Waals surface area contributed by atoms with E-state index < -0.39 is 0 Å². The van der Waals surface area contributed by atoms with Crippen LogP contribution in [0.5, 0.6) is 0 Å². The number of aromatic nitrogens is 2. The van der Waals surface area contributed by atoms with E-state index in [0.717, 1.165) is 51.5 Å². The standard InChI is InChI=1S/C23H33N3O2/c1-4-6-16-26(22(27)17-12-8-7-9-13-17)20(5-2)21-24-19-15-11-10-14-18(19)23(28)25(21)3/h10-11,14-15,17,20H,4-9,12-13,16H2,1-3H3.